The molecule has 40 valence electrons. The lowest BCUT2D eigenvalue weighted by Gasteiger charge is -1.93. The molecule has 0 N–H and O–H groups in total. The molecule has 2 rings (SSSR count). The largest absolute Gasteiger partial charge is 0.366 e. The monoisotopic (exact) mass is 98.1 g/mol. The van der Waals surface area contributed by atoms with Crippen molar-refractivity contribution in [2.24, 2.45) is 0 Å². The normalized spacial score (nSPS) is 57.0. The third-order valence-electron chi connectivity index (χ3n) is 2.17. The molecular weight excluding hydrogens is 88.1 g/mol. The van der Waals surface area contributed by atoms with Gasteiger partial charge in [-0.15, -0.1) is 0 Å². The van der Waals surface area contributed by atoms with Gasteiger partial charge < -0.3 is 4.74 Å². The summed E-state index contributed by atoms with van der Waals surface area (Å²) in [7, 11) is 0. The summed E-state index contributed by atoms with van der Waals surface area (Å²) in [6.45, 7) is 2.21. The van der Waals surface area contributed by atoms with Crippen LogP contribution in [0.4, 0.5) is 0 Å². The van der Waals surface area contributed by atoms with Crippen LogP contribution in [0.5, 0.6) is 0 Å². The maximum Gasteiger partial charge on any atom is 0.0920 e. The Morgan fingerprint density at radius 2 is 2.57 bits per heavy atom. The first-order valence-electron chi connectivity index (χ1n) is 2.99. The third kappa shape index (κ3) is 0.367. The predicted molar refractivity (Wildman–Crippen MR) is 27.1 cm³/mol. The van der Waals surface area contributed by atoms with E-state index >= 15 is 0 Å². The van der Waals surface area contributed by atoms with E-state index in [9.17, 15) is 0 Å². The van der Waals surface area contributed by atoms with Gasteiger partial charge in [0.25, 0.3) is 0 Å². The van der Waals surface area contributed by atoms with Gasteiger partial charge in [-0.25, -0.2) is 0 Å². The Labute approximate surface area is 43.7 Å². The average Bonchev–Trinajstić information content (AvgIpc) is 2.09. The van der Waals surface area contributed by atoms with E-state index < -0.39 is 0 Å². The van der Waals surface area contributed by atoms with Crippen LogP contribution in [0.25, 0.3) is 0 Å². The van der Waals surface area contributed by atoms with E-state index in [2.05, 4.69) is 6.92 Å². The summed E-state index contributed by atoms with van der Waals surface area (Å²) in [6, 6.07) is 0. The fraction of sp³-hybridized carbons (Fsp3) is 1.00. The topological polar surface area (TPSA) is 12.5 Å². The molecule has 0 radical (unpaired) electrons. The fourth-order valence-electron chi connectivity index (χ4n) is 1.51. The highest BCUT2D eigenvalue weighted by Crippen LogP contribution is 2.49. The summed E-state index contributed by atoms with van der Waals surface area (Å²) < 4.78 is 5.34. The molecule has 2 fully saturated rings. The van der Waals surface area contributed by atoms with Gasteiger partial charge in [-0.3, -0.25) is 0 Å². The molecule has 0 spiro atoms. The second kappa shape index (κ2) is 0.873. The lowest BCUT2D eigenvalue weighted by molar-refractivity contribution is 0.265. The molecule has 0 aromatic carbocycles. The van der Waals surface area contributed by atoms with Gasteiger partial charge in [0.2, 0.25) is 0 Å². The predicted octanol–water partition coefficient (Wildman–Crippen LogP) is 1.33. The Morgan fingerprint density at radius 3 is 2.71 bits per heavy atom. The highest BCUT2D eigenvalue weighted by molar-refractivity contribution is 5.03. The van der Waals surface area contributed by atoms with E-state index in [0.717, 1.165) is 0 Å². The lowest BCUT2D eigenvalue weighted by Crippen LogP contribution is -1.99. The molecule has 1 saturated heterocycles. The minimum Gasteiger partial charge on any atom is -0.366 e. The highest BCUT2D eigenvalue weighted by atomic mass is 16.6. The first kappa shape index (κ1) is 3.90. The van der Waals surface area contributed by atoms with Crippen molar-refractivity contribution in [3.05, 3.63) is 0 Å². The zero-order valence-corrected chi connectivity index (χ0v) is 4.61. The van der Waals surface area contributed by atoms with E-state index in [0.29, 0.717) is 11.7 Å². The minimum absolute atomic E-state index is 0.361. The van der Waals surface area contributed by atoms with Crippen LogP contribution < -0.4 is 0 Å². The Hall–Kier alpha value is -0.0400. The average molecular weight is 98.1 g/mol. The van der Waals surface area contributed by atoms with Crippen molar-refractivity contribution >= 4 is 0 Å². The van der Waals surface area contributed by atoms with Crippen LogP contribution in [0.1, 0.15) is 26.2 Å². The molecule has 0 amide bonds. The maximum atomic E-state index is 5.34. The smallest absolute Gasteiger partial charge is 0.0920 e. The van der Waals surface area contributed by atoms with Crippen molar-refractivity contribution in [1.82, 2.24) is 0 Å². The third-order valence-corrected chi connectivity index (χ3v) is 2.17. The minimum atomic E-state index is 0.361. The van der Waals surface area contributed by atoms with Crippen LogP contribution in [-0.4, -0.2) is 11.7 Å². The van der Waals surface area contributed by atoms with Gasteiger partial charge in [-0.1, -0.05) is 0 Å². The molecular formula is C6H10O. The van der Waals surface area contributed by atoms with Crippen molar-refractivity contribution in [1.29, 1.82) is 0 Å². The van der Waals surface area contributed by atoms with Gasteiger partial charge in [0.05, 0.1) is 11.7 Å². The first-order chi connectivity index (χ1) is 3.31. The molecule has 1 nitrogen and oxygen atoms in total. The van der Waals surface area contributed by atoms with Crippen molar-refractivity contribution in [3.63, 3.8) is 0 Å². The number of fused-ring (bicyclic) bond motifs is 1. The Bertz CT molecular complexity index is 98.4. The zero-order valence-electron chi connectivity index (χ0n) is 4.61. The van der Waals surface area contributed by atoms with Gasteiger partial charge in [-0.05, 0) is 26.2 Å². The number of ether oxygens (including phenoxy) is 1. The number of hydrogen-bond donors (Lipinski definition) is 0. The Balaban J connectivity index is 2.17. The second-order valence-electron chi connectivity index (χ2n) is 2.81. The van der Waals surface area contributed by atoms with Gasteiger partial charge in [0.15, 0.2) is 0 Å². The van der Waals surface area contributed by atoms with Crippen molar-refractivity contribution in [2.45, 2.75) is 37.9 Å². The summed E-state index contributed by atoms with van der Waals surface area (Å²) in [4.78, 5) is 0. The number of epoxide rings is 1. The molecule has 1 heteroatoms. The van der Waals surface area contributed by atoms with Gasteiger partial charge >= 0.3 is 0 Å². The fourth-order valence-corrected chi connectivity index (χ4v) is 1.51. The molecule has 0 aromatic heterocycles. The first-order valence-corrected chi connectivity index (χ1v) is 2.99. The summed E-state index contributed by atoms with van der Waals surface area (Å²) in [6.07, 6.45) is 4.67. The zero-order chi connectivity index (χ0) is 4.91. The van der Waals surface area contributed by atoms with Crippen molar-refractivity contribution in [2.75, 3.05) is 0 Å². The van der Waals surface area contributed by atoms with Crippen LogP contribution in [-0.2, 0) is 4.74 Å². The van der Waals surface area contributed by atoms with Crippen molar-refractivity contribution < 1.29 is 4.74 Å². The molecule has 2 atom stereocenters. The van der Waals surface area contributed by atoms with Crippen molar-refractivity contribution in [3.8, 4) is 0 Å². The van der Waals surface area contributed by atoms with Gasteiger partial charge in [-0.2, -0.15) is 0 Å². The summed E-state index contributed by atoms with van der Waals surface area (Å²) in [5.74, 6) is 0. The van der Waals surface area contributed by atoms with Gasteiger partial charge in [0, 0.05) is 0 Å². The van der Waals surface area contributed by atoms with E-state index in [4.69, 9.17) is 4.74 Å². The molecule has 0 bridgehead atoms. The highest BCUT2D eigenvalue weighted by Gasteiger charge is 2.55. The van der Waals surface area contributed by atoms with Gasteiger partial charge in [0.1, 0.15) is 0 Å². The van der Waals surface area contributed by atoms with Crippen LogP contribution in [0.3, 0.4) is 0 Å². The SMILES string of the molecule is C[C@@]12CCC[C@@H]1O2. The molecule has 1 saturated carbocycles. The Morgan fingerprint density at radius 1 is 1.71 bits per heavy atom. The van der Waals surface area contributed by atoms with E-state index in [1.54, 1.807) is 0 Å². The molecule has 0 aromatic rings. The molecule has 0 unspecified atom stereocenters. The summed E-state index contributed by atoms with van der Waals surface area (Å²) in [5.41, 5.74) is 0.361. The lowest BCUT2D eigenvalue weighted by atomic mass is 10.1. The molecule has 1 aliphatic carbocycles. The molecule has 2 aliphatic rings. The maximum absolute atomic E-state index is 5.34. The Kier molecular flexibility index (Phi) is 0.487. The number of rotatable bonds is 0. The second-order valence-corrected chi connectivity index (χ2v) is 2.81. The summed E-state index contributed by atoms with van der Waals surface area (Å²) >= 11 is 0. The molecule has 7 heavy (non-hydrogen) atoms. The molecule has 1 aliphatic heterocycles. The van der Waals surface area contributed by atoms with E-state index in [1.165, 1.54) is 19.3 Å². The molecule has 1 heterocycles. The van der Waals surface area contributed by atoms with Crippen LogP contribution in [0, 0.1) is 0 Å². The standard InChI is InChI=1S/C6H10O/c1-6-4-2-3-5(6)7-6/h5H,2-4H2,1H3/t5-,6+/m0/s1. The van der Waals surface area contributed by atoms with Crippen LogP contribution in [0.15, 0.2) is 0 Å². The number of hydrogen-bond acceptors (Lipinski definition) is 1. The summed E-state index contributed by atoms with van der Waals surface area (Å²) in [5, 5.41) is 0. The van der Waals surface area contributed by atoms with Crippen LogP contribution >= 0.6 is 0 Å². The van der Waals surface area contributed by atoms with Crippen LogP contribution in [0.2, 0.25) is 0 Å². The van der Waals surface area contributed by atoms with E-state index in [1.807, 2.05) is 0 Å². The van der Waals surface area contributed by atoms with E-state index in [-0.39, 0.29) is 0 Å². The quantitative estimate of drug-likeness (QED) is 0.416.